The van der Waals surface area contributed by atoms with Gasteiger partial charge in [-0.3, -0.25) is 0 Å². The number of aromatic nitrogens is 3. The van der Waals surface area contributed by atoms with Crippen molar-refractivity contribution >= 4 is 33.1 Å². The molecular weight excluding hydrogens is 320 g/mol. The van der Waals surface area contributed by atoms with Crippen LogP contribution in [0, 0.1) is 11.3 Å². The van der Waals surface area contributed by atoms with Crippen LogP contribution in [0.3, 0.4) is 0 Å². The molecule has 0 fully saturated rings. The van der Waals surface area contributed by atoms with E-state index in [2.05, 4.69) is 22.8 Å². The molecule has 0 aliphatic carbocycles. The zero-order valence-electron chi connectivity index (χ0n) is 13.9. The van der Waals surface area contributed by atoms with Crippen molar-refractivity contribution in [2.24, 2.45) is 0 Å². The van der Waals surface area contributed by atoms with Gasteiger partial charge in [-0.2, -0.15) is 5.26 Å². The van der Waals surface area contributed by atoms with Crippen molar-refractivity contribution < 1.29 is 0 Å². The number of hydrogen-bond acceptors (Lipinski definition) is 3. The van der Waals surface area contributed by atoms with E-state index in [1.807, 2.05) is 60.7 Å². The van der Waals surface area contributed by atoms with Crippen LogP contribution >= 0.6 is 0 Å². The normalized spacial score (nSPS) is 11.2. The predicted molar refractivity (Wildman–Crippen MR) is 103 cm³/mol. The Labute approximate surface area is 150 Å². The highest BCUT2D eigenvalue weighted by Crippen LogP contribution is 2.28. The summed E-state index contributed by atoms with van der Waals surface area (Å²) in [6.07, 6.45) is 0. The lowest BCUT2D eigenvalue weighted by Gasteiger charge is -2.07. The van der Waals surface area contributed by atoms with E-state index in [1.54, 1.807) is 0 Å². The lowest BCUT2D eigenvalue weighted by atomic mass is 10.1. The van der Waals surface area contributed by atoms with Gasteiger partial charge in [0.1, 0.15) is 5.52 Å². The zero-order chi connectivity index (χ0) is 17.5. The molecule has 0 saturated heterocycles. The molecule has 0 radical (unpaired) electrons. The maximum atomic E-state index is 9.17. The van der Waals surface area contributed by atoms with Crippen molar-refractivity contribution in [3.8, 4) is 6.07 Å². The van der Waals surface area contributed by atoms with E-state index in [-0.39, 0.29) is 0 Å². The molecule has 0 bridgehead atoms. The maximum absolute atomic E-state index is 9.17. The number of nitriles is 1. The molecular formula is C22H14N4. The van der Waals surface area contributed by atoms with Crippen molar-refractivity contribution in [3.05, 3.63) is 83.9 Å². The Hall–Kier alpha value is -3.71. The topological polar surface area (TPSA) is 54.5 Å². The lowest BCUT2D eigenvalue weighted by Crippen LogP contribution is -2.01. The standard InChI is InChI=1S/C22H14N4/c23-13-15-6-5-7-16(12-15)14-26-20-11-4-1-8-17(20)21-22(26)25-19-10-3-2-9-18(19)24-21/h1-12H,14H2. The highest BCUT2D eigenvalue weighted by Gasteiger charge is 2.14. The summed E-state index contributed by atoms with van der Waals surface area (Å²) >= 11 is 0. The molecule has 0 atom stereocenters. The van der Waals surface area contributed by atoms with Crippen LogP contribution in [0.1, 0.15) is 11.1 Å². The number of rotatable bonds is 2. The Morgan fingerprint density at radius 1 is 0.846 bits per heavy atom. The van der Waals surface area contributed by atoms with Gasteiger partial charge in [-0.1, -0.05) is 42.5 Å². The number of benzene rings is 3. The summed E-state index contributed by atoms with van der Waals surface area (Å²) in [4.78, 5) is 9.76. The van der Waals surface area contributed by atoms with Crippen LogP contribution in [0.5, 0.6) is 0 Å². The summed E-state index contributed by atoms with van der Waals surface area (Å²) in [6, 6.07) is 26.1. The molecule has 0 spiro atoms. The van der Waals surface area contributed by atoms with Crippen LogP contribution in [-0.2, 0) is 6.54 Å². The van der Waals surface area contributed by atoms with E-state index in [0.717, 1.165) is 38.7 Å². The third kappa shape index (κ3) is 2.22. The minimum atomic E-state index is 0.645. The van der Waals surface area contributed by atoms with Crippen molar-refractivity contribution in [1.82, 2.24) is 14.5 Å². The van der Waals surface area contributed by atoms with E-state index in [0.29, 0.717) is 12.1 Å². The first-order valence-electron chi connectivity index (χ1n) is 8.46. The summed E-state index contributed by atoms with van der Waals surface area (Å²) < 4.78 is 2.18. The van der Waals surface area contributed by atoms with Gasteiger partial charge in [0.05, 0.1) is 28.2 Å². The maximum Gasteiger partial charge on any atom is 0.160 e. The first-order chi connectivity index (χ1) is 12.8. The van der Waals surface area contributed by atoms with Gasteiger partial charge in [-0.25, -0.2) is 9.97 Å². The van der Waals surface area contributed by atoms with Crippen LogP contribution in [0.2, 0.25) is 0 Å². The minimum Gasteiger partial charge on any atom is -0.319 e. The van der Waals surface area contributed by atoms with Gasteiger partial charge in [0.15, 0.2) is 5.65 Å². The first-order valence-corrected chi connectivity index (χ1v) is 8.46. The number of nitrogens with zero attached hydrogens (tertiary/aromatic N) is 4. The molecule has 3 aromatic carbocycles. The molecule has 0 saturated carbocycles. The Bertz CT molecular complexity index is 1320. The molecule has 0 amide bonds. The monoisotopic (exact) mass is 334 g/mol. The average Bonchev–Trinajstić information content (AvgIpc) is 3.00. The number of para-hydroxylation sites is 3. The third-order valence-corrected chi connectivity index (χ3v) is 4.65. The van der Waals surface area contributed by atoms with Crippen molar-refractivity contribution in [2.75, 3.05) is 0 Å². The fourth-order valence-electron chi connectivity index (χ4n) is 3.46. The fraction of sp³-hybridized carbons (Fsp3) is 0.0455. The van der Waals surface area contributed by atoms with Gasteiger partial charge in [0.25, 0.3) is 0 Å². The Morgan fingerprint density at radius 3 is 2.46 bits per heavy atom. The average molecular weight is 334 g/mol. The SMILES string of the molecule is N#Cc1cccc(Cn2c3ccccc3c3nc4ccccc4nc32)c1. The van der Waals surface area contributed by atoms with E-state index in [1.165, 1.54) is 0 Å². The molecule has 122 valence electrons. The summed E-state index contributed by atoms with van der Waals surface area (Å²) in [5, 5.41) is 10.3. The van der Waals surface area contributed by atoms with Gasteiger partial charge >= 0.3 is 0 Å². The van der Waals surface area contributed by atoms with Crippen LogP contribution in [-0.4, -0.2) is 14.5 Å². The zero-order valence-corrected chi connectivity index (χ0v) is 13.9. The molecule has 5 aromatic rings. The Morgan fingerprint density at radius 2 is 1.62 bits per heavy atom. The minimum absolute atomic E-state index is 0.645. The summed E-state index contributed by atoms with van der Waals surface area (Å²) in [5.41, 5.74) is 6.40. The predicted octanol–water partition coefficient (Wildman–Crippen LogP) is 4.66. The highest BCUT2D eigenvalue weighted by molar-refractivity contribution is 6.06. The number of fused-ring (bicyclic) bond motifs is 4. The third-order valence-electron chi connectivity index (χ3n) is 4.65. The molecule has 2 aromatic heterocycles. The van der Waals surface area contributed by atoms with Crippen LogP contribution in [0.25, 0.3) is 33.1 Å². The molecule has 2 heterocycles. The first kappa shape index (κ1) is 14.6. The van der Waals surface area contributed by atoms with E-state index < -0.39 is 0 Å². The molecule has 4 heteroatoms. The molecule has 0 N–H and O–H groups in total. The molecule has 0 unspecified atom stereocenters. The van der Waals surface area contributed by atoms with Crippen molar-refractivity contribution in [2.45, 2.75) is 6.54 Å². The smallest absolute Gasteiger partial charge is 0.160 e. The fourth-order valence-corrected chi connectivity index (χ4v) is 3.46. The van der Waals surface area contributed by atoms with Gasteiger partial charge < -0.3 is 4.57 Å². The van der Waals surface area contributed by atoms with Crippen LogP contribution in [0.4, 0.5) is 0 Å². The summed E-state index contributed by atoms with van der Waals surface area (Å²) in [7, 11) is 0. The van der Waals surface area contributed by atoms with Crippen LogP contribution in [0.15, 0.2) is 72.8 Å². The van der Waals surface area contributed by atoms with Crippen molar-refractivity contribution in [1.29, 1.82) is 5.26 Å². The van der Waals surface area contributed by atoms with Crippen molar-refractivity contribution in [3.63, 3.8) is 0 Å². The second kappa shape index (κ2) is 5.68. The van der Waals surface area contributed by atoms with Gasteiger partial charge in [0.2, 0.25) is 0 Å². The molecule has 5 rings (SSSR count). The molecule has 0 aliphatic heterocycles. The Kier molecular flexibility index (Phi) is 3.19. The van der Waals surface area contributed by atoms with Gasteiger partial charge in [-0.15, -0.1) is 0 Å². The summed E-state index contributed by atoms with van der Waals surface area (Å²) in [6.45, 7) is 0.645. The van der Waals surface area contributed by atoms with Gasteiger partial charge in [-0.05, 0) is 35.9 Å². The summed E-state index contributed by atoms with van der Waals surface area (Å²) in [5.74, 6) is 0. The molecule has 0 aliphatic rings. The van der Waals surface area contributed by atoms with E-state index in [4.69, 9.17) is 9.97 Å². The van der Waals surface area contributed by atoms with E-state index >= 15 is 0 Å². The lowest BCUT2D eigenvalue weighted by molar-refractivity contribution is 0.857. The second-order valence-corrected chi connectivity index (χ2v) is 6.30. The van der Waals surface area contributed by atoms with Crippen LogP contribution < -0.4 is 0 Å². The number of hydrogen-bond donors (Lipinski definition) is 0. The Balaban J connectivity index is 1.81. The molecule has 26 heavy (non-hydrogen) atoms. The molecule has 4 nitrogen and oxygen atoms in total. The van der Waals surface area contributed by atoms with Gasteiger partial charge in [0, 0.05) is 11.9 Å². The quantitative estimate of drug-likeness (QED) is 0.472. The van der Waals surface area contributed by atoms with E-state index in [9.17, 15) is 5.26 Å². The highest BCUT2D eigenvalue weighted by atomic mass is 15.1. The second-order valence-electron chi connectivity index (χ2n) is 6.30. The largest absolute Gasteiger partial charge is 0.319 e.